The van der Waals surface area contributed by atoms with E-state index in [1.54, 1.807) is 0 Å². The van der Waals surface area contributed by atoms with E-state index in [1.165, 1.54) is 12.8 Å². The summed E-state index contributed by atoms with van der Waals surface area (Å²) in [4.78, 5) is 14.3. The van der Waals surface area contributed by atoms with Gasteiger partial charge in [0.15, 0.2) is 0 Å². The molecule has 1 fully saturated rings. The zero-order valence-corrected chi connectivity index (χ0v) is 13.0. The summed E-state index contributed by atoms with van der Waals surface area (Å²) < 4.78 is 0. The van der Waals surface area contributed by atoms with Crippen molar-refractivity contribution in [3.05, 3.63) is 34.9 Å². The van der Waals surface area contributed by atoms with Crippen LogP contribution >= 0.6 is 11.6 Å². The van der Waals surface area contributed by atoms with E-state index in [4.69, 9.17) is 11.6 Å². The molecule has 1 aliphatic rings. The van der Waals surface area contributed by atoms with Gasteiger partial charge in [-0.3, -0.25) is 9.69 Å². The second-order valence-corrected chi connectivity index (χ2v) is 6.14. The van der Waals surface area contributed by atoms with Crippen LogP contribution in [-0.2, 0) is 11.3 Å². The molecule has 1 aliphatic carbocycles. The summed E-state index contributed by atoms with van der Waals surface area (Å²) in [6.45, 7) is 2.70. The largest absolute Gasteiger partial charge is 0.352 e. The molecular formula is C16H23ClN2O. The lowest BCUT2D eigenvalue weighted by Crippen LogP contribution is -2.46. The van der Waals surface area contributed by atoms with Crippen molar-refractivity contribution in [2.45, 2.75) is 51.2 Å². The van der Waals surface area contributed by atoms with Crippen LogP contribution in [0, 0.1) is 0 Å². The number of hydrogen-bond acceptors (Lipinski definition) is 2. The zero-order chi connectivity index (χ0) is 14.5. The van der Waals surface area contributed by atoms with Crippen LogP contribution in [0.3, 0.4) is 0 Å². The molecule has 1 aromatic carbocycles. The summed E-state index contributed by atoms with van der Waals surface area (Å²) in [5.41, 5.74) is 1.16. The molecule has 1 aromatic rings. The van der Waals surface area contributed by atoms with Gasteiger partial charge in [-0.2, -0.15) is 0 Å². The van der Waals surface area contributed by atoms with Gasteiger partial charge >= 0.3 is 0 Å². The van der Waals surface area contributed by atoms with Crippen LogP contribution in [0.1, 0.15) is 38.2 Å². The number of nitrogens with one attached hydrogen (secondary N) is 1. The Hall–Kier alpha value is -1.06. The SMILES string of the molecule is C[C@H](C(=O)NC1CCCC1)N(C)Cc1ccc(Cl)cc1. The van der Waals surface area contributed by atoms with Gasteiger partial charge in [-0.05, 0) is 44.5 Å². The summed E-state index contributed by atoms with van der Waals surface area (Å²) >= 11 is 5.88. The highest BCUT2D eigenvalue weighted by molar-refractivity contribution is 6.30. The molecule has 0 radical (unpaired) electrons. The first-order valence-electron chi connectivity index (χ1n) is 7.31. The summed E-state index contributed by atoms with van der Waals surface area (Å²) in [5, 5.41) is 3.89. The second kappa shape index (κ2) is 7.09. The van der Waals surface area contributed by atoms with Crippen molar-refractivity contribution in [3.8, 4) is 0 Å². The van der Waals surface area contributed by atoms with Gasteiger partial charge in [0.25, 0.3) is 0 Å². The van der Waals surface area contributed by atoms with Gasteiger partial charge in [0.2, 0.25) is 5.91 Å². The molecular weight excluding hydrogens is 272 g/mol. The van der Waals surface area contributed by atoms with Crippen LogP contribution in [0.4, 0.5) is 0 Å². The first-order valence-corrected chi connectivity index (χ1v) is 7.69. The number of rotatable bonds is 5. The van der Waals surface area contributed by atoms with Gasteiger partial charge in [0.1, 0.15) is 0 Å². The zero-order valence-electron chi connectivity index (χ0n) is 12.2. The van der Waals surface area contributed by atoms with Crippen LogP contribution in [0.25, 0.3) is 0 Å². The highest BCUT2D eigenvalue weighted by Gasteiger charge is 2.22. The van der Waals surface area contributed by atoms with E-state index in [0.29, 0.717) is 6.04 Å². The molecule has 1 N–H and O–H groups in total. The summed E-state index contributed by atoms with van der Waals surface area (Å²) in [7, 11) is 1.98. The monoisotopic (exact) mass is 294 g/mol. The number of hydrogen-bond donors (Lipinski definition) is 1. The average molecular weight is 295 g/mol. The van der Waals surface area contributed by atoms with Gasteiger partial charge in [0.05, 0.1) is 6.04 Å². The van der Waals surface area contributed by atoms with Gasteiger partial charge in [-0.1, -0.05) is 36.6 Å². The molecule has 0 unspecified atom stereocenters. The Morgan fingerprint density at radius 1 is 1.35 bits per heavy atom. The number of nitrogens with zero attached hydrogens (tertiary/aromatic N) is 1. The van der Waals surface area contributed by atoms with Crippen LogP contribution in [0.15, 0.2) is 24.3 Å². The maximum Gasteiger partial charge on any atom is 0.237 e. The van der Waals surface area contributed by atoms with Crippen molar-refractivity contribution >= 4 is 17.5 Å². The van der Waals surface area contributed by atoms with E-state index in [2.05, 4.69) is 10.2 Å². The number of carbonyl (C=O) groups excluding carboxylic acids is 1. The molecule has 2 rings (SSSR count). The fourth-order valence-corrected chi connectivity index (χ4v) is 2.73. The lowest BCUT2D eigenvalue weighted by Gasteiger charge is -2.25. The van der Waals surface area contributed by atoms with Crippen molar-refractivity contribution in [3.63, 3.8) is 0 Å². The Balaban J connectivity index is 1.85. The first-order chi connectivity index (χ1) is 9.56. The van der Waals surface area contributed by atoms with Gasteiger partial charge in [0, 0.05) is 17.6 Å². The predicted molar refractivity (Wildman–Crippen MR) is 82.8 cm³/mol. The fourth-order valence-electron chi connectivity index (χ4n) is 2.61. The Morgan fingerprint density at radius 2 is 1.95 bits per heavy atom. The summed E-state index contributed by atoms with van der Waals surface area (Å²) in [6.07, 6.45) is 4.72. The smallest absolute Gasteiger partial charge is 0.237 e. The van der Waals surface area contributed by atoms with E-state index in [9.17, 15) is 4.79 Å². The van der Waals surface area contributed by atoms with Crippen molar-refractivity contribution in [1.82, 2.24) is 10.2 Å². The molecule has 0 aromatic heterocycles. The highest BCUT2D eigenvalue weighted by Crippen LogP contribution is 2.18. The fraction of sp³-hybridized carbons (Fsp3) is 0.562. The van der Waals surface area contributed by atoms with Crippen molar-refractivity contribution < 1.29 is 4.79 Å². The third-order valence-corrected chi connectivity index (χ3v) is 4.34. The molecule has 110 valence electrons. The number of halogens is 1. The lowest BCUT2D eigenvalue weighted by molar-refractivity contribution is -0.126. The maximum atomic E-state index is 12.2. The van der Waals surface area contributed by atoms with Crippen molar-refractivity contribution in [2.75, 3.05) is 7.05 Å². The number of likely N-dealkylation sites (N-methyl/N-ethyl adjacent to an activating group) is 1. The molecule has 3 nitrogen and oxygen atoms in total. The number of benzene rings is 1. The minimum absolute atomic E-state index is 0.119. The van der Waals surface area contributed by atoms with E-state index < -0.39 is 0 Å². The first kappa shape index (κ1) is 15.3. The van der Waals surface area contributed by atoms with Crippen LogP contribution < -0.4 is 5.32 Å². The molecule has 0 aliphatic heterocycles. The highest BCUT2D eigenvalue weighted by atomic mass is 35.5. The standard InChI is InChI=1S/C16H23ClN2O/c1-12(16(20)18-15-5-3-4-6-15)19(2)11-13-7-9-14(17)10-8-13/h7-10,12,15H,3-6,11H2,1-2H3,(H,18,20)/t12-/m1/s1. The Kier molecular flexibility index (Phi) is 5.44. The van der Waals surface area contributed by atoms with Gasteiger partial charge in [-0.25, -0.2) is 0 Å². The molecule has 0 saturated heterocycles. The van der Waals surface area contributed by atoms with Crippen molar-refractivity contribution in [1.29, 1.82) is 0 Å². The molecule has 1 amide bonds. The second-order valence-electron chi connectivity index (χ2n) is 5.71. The minimum Gasteiger partial charge on any atom is -0.352 e. The normalized spacial score (nSPS) is 17.4. The van der Waals surface area contributed by atoms with E-state index in [1.807, 2.05) is 38.2 Å². The number of carbonyl (C=O) groups is 1. The third kappa shape index (κ3) is 4.22. The topological polar surface area (TPSA) is 32.3 Å². The van der Waals surface area contributed by atoms with Crippen LogP contribution in [0.5, 0.6) is 0 Å². The molecule has 1 atom stereocenters. The molecule has 20 heavy (non-hydrogen) atoms. The lowest BCUT2D eigenvalue weighted by atomic mass is 10.1. The van der Waals surface area contributed by atoms with E-state index >= 15 is 0 Å². The Labute approximate surface area is 126 Å². The molecule has 4 heteroatoms. The Morgan fingerprint density at radius 3 is 2.55 bits per heavy atom. The average Bonchev–Trinajstić information content (AvgIpc) is 2.93. The summed E-state index contributed by atoms with van der Waals surface area (Å²) in [5.74, 6) is 0.133. The van der Waals surface area contributed by atoms with Gasteiger partial charge < -0.3 is 5.32 Å². The quantitative estimate of drug-likeness (QED) is 0.904. The molecule has 1 saturated carbocycles. The minimum atomic E-state index is -0.119. The predicted octanol–water partition coefficient (Wildman–Crippen LogP) is 3.22. The van der Waals surface area contributed by atoms with Gasteiger partial charge in [-0.15, -0.1) is 0 Å². The maximum absolute atomic E-state index is 12.2. The summed E-state index contributed by atoms with van der Waals surface area (Å²) in [6, 6.07) is 8.03. The van der Waals surface area contributed by atoms with Crippen molar-refractivity contribution in [2.24, 2.45) is 0 Å². The molecule has 0 spiro atoms. The molecule has 0 bridgehead atoms. The molecule has 0 heterocycles. The van der Waals surface area contributed by atoms with Crippen LogP contribution in [-0.4, -0.2) is 29.9 Å². The Bertz CT molecular complexity index is 440. The van der Waals surface area contributed by atoms with Crippen LogP contribution in [0.2, 0.25) is 5.02 Å². The van der Waals surface area contributed by atoms with E-state index in [0.717, 1.165) is 30.0 Å². The number of amides is 1. The third-order valence-electron chi connectivity index (χ3n) is 4.09. The van der Waals surface area contributed by atoms with E-state index in [-0.39, 0.29) is 11.9 Å².